The maximum absolute atomic E-state index is 13.2. The minimum atomic E-state index is -0.725. The summed E-state index contributed by atoms with van der Waals surface area (Å²) in [5, 5.41) is 14.7. The number of likely N-dealkylation sites (N-methyl/N-ethyl adjacent to an activating group) is 1. The second-order valence-electron chi connectivity index (χ2n) is 7.10. The molecule has 1 heterocycles. The van der Waals surface area contributed by atoms with Gasteiger partial charge < -0.3 is 5.11 Å². The molecule has 0 fully saturated rings. The summed E-state index contributed by atoms with van der Waals surface area (Å²) in [4.78, 5) is 2.09. The molecule has 0 saturated carbocycles. The summed E-state index contributed by atoms with van der Waals surface area (Å²) in [5.74, 6) is -0.234. The molecule has 0 unspecified atom stereocenters. The van der Waals surface area contributed by atoms with Gasteiger partial charge in [0.15, 0.2) is 0 Å². The lowest BCUT2D eigenvalue weighted by atomic mass is 10.1. The maximum Gasteiger partial charge on any atom is 0.123 e. The van der Waals surface area contributed by atoms with E-state index in [1.807, 2.05) is 25.6 Å². The summed E-state index contributed by atoms with van der Waals surface area (Å²) in [5.41, 5.74) is 3.80. The number of aromatic nitrogens is 2. The van der Waals surface area contributed by atoms with E-state index < -0.39 is 5.60 Å². The number of nitrogens with zero attached hydrogens (tertiary/aromatic N) is 3. The van der Waals surface area contributed by atoms with Gasteiger partial charge in [0.2, 0.25) is 0 Å². The highest BCUT2D eigenvalue weighted by Crippen LogP contribution is 2.28. The summed E-state index contributed by atoms with van der Waals surface area (Å²) in [6.07, 6.45) is 3.19. The number of aliphatic hydroxyl groups is 1. The molecule has 1 N–H and O–H groups in total. The van der Waals surface area contributed by atoms with Crippen LogP contribution in [0.1, 0.15) is 37.2 Å². The van der Waals surface area contributed by atoms with E-state index in [1.54, 1.807) is 12.1 Å². The molecule has 0 atom stereocenters. The first-order valence-electron chi connectivity index (χ1n) is 8.10. The third-order valence-electron chi connectivity index (χ3n) is 4.16. The Kier molecular flexibility index (Phi) is 4.25. The molecule has 2 aromatic rings. The molecule has 1 aliphatic carbocycles. The predicted molar refractivity (Wildman–Crippen MR) is 88.2 cm³/mol. The van der Waals surface area contributed by atoms with E-state index >= 15 is 0 Å². The summed E-state index contributed by atoms with van der Waals surface area (Å²) in [6.45, 7) is 4.92. The third-order valence-corrected chi connectivity index (χ3v) is 4.16. The van der Waals surface area contributed by atoms with Crippen LogP contribution in [0, 0.1) is 5.82 Å². The standard InChI is InChI=1S/C18H24FN3O/c1-18(2,23)12-21(3)11-16-15-5-4-6-17(15)22(20-16)14-9-7-13(19)8-10-14/h7-10,23H,4-6,11-12H2,1-3H3. The van der Waals surface area contributed by atoms with Crippen LogP contribution in [0.25, 0.3) is 5.69 Å². The molecule has 4 nitrogen and oxygen atoms in total. The van der Waals surface area contributed by atoms with Gasteiger partial charge in [0.05, 0.1) is 17.0 Å². The normalized spacial score (nSPS) is 14.5. The molecular formula is C18H24FN3O. The third kappa shape index (κ3) is 3.62. The first kappa shape index (κ1) is 16.1. The molecule has 124 valence electrons. The number of fused-ring (bicyclic) bond motifs is 1. The van der Waals surface area contributed by atoms with Gasteiger partial charge in [-0.15, -0.1) is 0 Å². The van der Waals surface area contributed by atoms with Gasteiger partial charge in [0, 0.05) is 18.8 Å². The molecule has 1 aromatic carbocycles. The van der Waals surface area contributed by atoms with Gasteiger partial charge in [0.1, 0.15) is 5.82 Å². The SMILES string of the molecule is CN(Cc1nn(-c2ccc(F)cc2)c2c1CCC2)CC(C)(C)O. The van der Waals surface area contributed by atoms with E-state index in [0.29, 0.717) is 13.1 Å². The topological polar surface area (TPSA) is 41.3 Å². The Balaban J connectivity index is 1.88. The fourth-order valence-electron chi connectivity index (χ4n) is 3.41. The van der Waals surface area contributed by atoms with Gasteiger partial charge in [-0.2, -0.15) is 5.10 Å². The Labute approximate surface area is 136 Å². The van der Waals surface area contributed by atoms with Gasteiger partial charge >= 0.3 is 0 Å². The molecule has 5 heteroatoms. The Bertz CT molecular complexity index is 686. The van der Waals surface area contributed by atoms with E-state index in [0.717, 1.165) is 30.6 Å². The van der Waals surface area contributed by atoms with Crippen molar-refractivity contribution in [3.63, 3.8) is 0 Å². The Morgan fingerprint density at radius 2 is 1.96 bits per heavy atom. The van der Waals surface area contributed by atoms with Crippen LogP contribution in [0.15, 0.2) is 24.3 Å². The molecule has 0 bridgehead atoms. The first-order chi connectivity index (χ1) is 10.8. The van der Waals surface area contributed by atoms with Gasteiger partial charge in [-0.25, -0.2) is 9.07 Å². The number of benzene rings is 1. The summed E-state index contributed by atoms with van der Waals surface area (Å²) in [7, 11) is 2.00. The molecular weight excluding hydrogens is 293 g/mol. The highest BCUT2D eigenvalue weighted by Gasteiger charge is 2.25. The molecule has 23 heavy (non-hydrogen) atoms. The van der Waals surface area contributed by atoms with E-state index in [1.165, 1.54) is 23.4 Å². The molecule has 1 aromatic heterocycles. The van der Waals surface area contributed by atoms with Crippen molar-refractivity contribution in [1.29, 1.82) is 0 Å². The quantitative estimate of drug-likeness (QED) is 0.922. The van der Waals surface area contributed by atoms with Crippen molar-refractivity contribution in [3.8, 4) is 5.69 Å². The smallest absolute Gasteiger partial charge is 0.123 e. The van der Waals surface area contributed by atoms with Gasteiger partial charge in [-0.05, 0) is 70.0 Å². The van der Waals surface area contributed by atoms with Crippen molar-refractivity contribution >= 4 is 0 Å². The summed E-state index contributed by atoms with van der Waals surface area (Å²) in [6, 6.07) is 6.48. The fourth-order valence-corrected chi connectivity index (χ4v) is 3.41. The summed E-state index contributed by atoms with van der Waals surface area (Å²) >= 11 is 0. The van der Waals surface area contributed by atoms with Gasteiger partial charge in [0.25, 0.3) is 0 Å². The zero-order chi connectivity index (χ0) is 16.6. The van der Waals surface area contributed by atoms with Crippen LogP contribution >= 0.6 is 0 Å². The molecule has 3 rings (SSSR count). The molecule has 0 spiro atoms. The maximum atomic E-state index is 13.2. The minimum Gasteiger partial charge on any atom is -0.389 e. The van der Waals surface area contributed by atoms with E-state index in [4.69, 9.17) is 5.10 Å². The fraction of sp³-hybridized carbons (Fsp3) is 0.500. The minimum absolute atomic E-state index is 0.234. The van der Waals surface area contributed by atoms with E-state index in [2.05, 4.69) is 4.90 Å². The predicted octanol–water partition coefficient (Wildman–Crippen LogP) is 2.70. The van der Waals surface area contributed by atoms with Crippen LogP contribution < -0.4 is 0 Å². The van der Waals surface area contributed by atoms with Gasteiger partial charge in [-0.3, -0.25) is 4.90 Å². The van der Waals surface area contributed by atoms with Crippen LogP contribution in [0.5, 0.6) is 0 Å². The van der Waals surface area contributed by atoms with Crippen LogP contribution in [-0.4, -0.2) is 39.0 Å². The number of rotatable bonds is 5. The monoisotopic (exact) mass is 317 g/mol. The van der Waals surface area contributed by atoms with Crippen LogP contribution in [0.3, 0.4) is 0 Å². The van der Waals surface area contributed by atoms with Crippen molar-refractivity contribution < 1.29 is 9.50 Å². The molecule has 0 radical (unpaired) electrons. The lowest BCUT2D eigenvalue weighted by Gasteiger charge is -2.25. The summed E-state index contributed by atoms with van der Waals surface area (Å²) < 4.78 is 15.1. The molecule has 0 saturated heterocycles. The van der Waals surface area contributed by atoms with Crippen LogP contribution in [0.2, 0.25) is 0 Å². The lowest BCUT2D eigenvalue weighted by molar-refractivity contribution is 0.0420. The van der Waals surface area contributed by atoms with Crippen molar-refractivity contribution in [2.45, 2.75) is 45.3 Å². The Morgan fingerprint density at radius 3 is 2.61 bits per heavy atom. The Hall–Kier alpha value is -1.72. The molecule has 0 amide bonds. The largest absolute Gasteiger partial charge is 0.389 e. The highest BCUT2D eigenvalue weighted by molar-refractivity contribution is 5.40. The number of halogens is 1. The average molecular weight is 317 g/mol. The Morgan fingerprint density at radius 1 is 1.26 bits per heavy atom. The van der Waals surface area contributed by atoms with E-state index in [9.17, 15) is 9.50 Å². The average Bonchev–Trinajstić information content (AvgIpc) is 3.02. The van der Waals surface area contributed by atoms with Crippen LogP contribution in [0.4, 0.5) is 4.39 Å². The second-order valence-corrected chi connectivity index (χ2v) is 7.10. The highest BCUT2D eigenvalue weighted by atomic mass is 19.1. The van der Waals surface area contributed by atoms with Crippen LogP contribution in [-0.2, 0) is 19.4 Å². The molecule has 0 aliphatic heterocycles. The van der Waals surface area contributed by atoms with Crippen molar-refractivity contribution in [1.82, 2.24) is 14.7 Å². The number of hydrogen-bond acceptors (Lipinski definition) is 3. The zero-order valence-electron chi connectivity index (χ0n) is 14.0. The van der Waals surface area contributed by atoms with Crippen molar-refractivity contribution in [2.24, 2.45) is 0 Å². The number of hydrogen-bond donors (Lipinski definition) is 1. The van der Waals surface area contributed by atoms with Crippen molar-refractivity contribution in [3.05, 3.63) is 47.0 Å². The van der Waals surface area contributed by atoms with E-state index in [-0.39, 0.29) is 5.82 Å². The van der Waals surface area contributed by atoms with Crippen molar-refractivity contribution in [2.75, 3.05) is 13.6 Å². The zero-order valence-corrected chi connectivity index (χ0v) is 14.0. The molecule has 1 aliphatic rings. The second kappa shape index (κ2) is 6.06. The lowest BCUT2D eigenvalue weighted by Crippen LogP contribution is -2.36. The first-order valence-corrected chi connectivity index (χ1v) is 8.10. The van der Waals surface area contributed by atoms with Gasteiger partial charge in [-0.1, -0.05) is 0 Å².